The lowest BCUT2D eigenvalue weighted by Gasteiger charge is -2.25. The Balaban J connectivity index is 2.32. The zero-order chi connectivity index (χ0) is 19.1. The number of carbonyl (C=O) groups excluding carboxylic acids is 1. The minimum Gasteiger partial charge on any atom is -0.481 e. The third-order valence-corrected chi connectivity index (χ3v) is 4.10. The van der Waals surface area contributed by atoms with Gasteiger partial charge in [0.05, 0.1) is 11.5 Å². The van der Waals surface area contributed by atoms with Crippen LogP contribution in [0.4, 0.5) is 0 Å². The number of para-hydroxylation sites is 1. The largest absolute Gasteiger partial charge is 0.481 e. The maximum absolute atomic E-state index is 13.1. The topological polar surface area (TPSA) is 99.7 Å². The summed E-state index contributed by atoms with van der Waals surface area (Å²) in [4.78, 5) is 40.4. The lowest BCUT2D eigenvalue weighted by atomic mass is 10.1. The van der Waals surface area contributed by atoms with E-state index in [-0.39, 0.29) is 23.6 Å². The predicted molar refractivity (Wildman–Crippen MR) is 98.4 cm³/mol. The van der Waals surface area contributed by atoms with Crippen molar-refractivity contribution < 1.29 is 19.4 Å². The van der Waals surface area contributed by atoms with E-state index in [1.165, 1.54) is 11.0 Å². The van der Waals surface area contributed by atoms with E-state index in [1.54, 1.807) is 31.2 Å². The minimum atomic E-state index is -0.969. The third-order valence-electron chi connectivity index (χ3n) is 4.10. The number of carbonyl (C=O) groups is 2. The molecular formula is C19H24N2O5. The van der Waals surface area contributed by atoms with Crippen molar-refractivity contribution in [1.82, 2.24) is 9.88 Å². The van der Waals surface area contributed by atoms with Gasteiger partial charge in [-0.3, -0.25) is 14.4 Å². The maximum Gasteiger partial charge on any atom is 0.308 e. The van der Waals surface area contributed by atoms with Crippen molar-refractivity contribution in [2.24, 2.45) is 5.92 Å². The molecule has 7 heteroatoms. The fraction of sp³-hybridized carbons (Fsp3) is 0.421. The van der Waals surface area contributed by atoms with Crippen LogP contribution in [-0.4, -0.2) is 53.2 Å². The monoisotopic (exact) mass is 360 g/mol. The molecule has 7 nitrogen and oxygen atoms in total. The molecule has 0 fully saturated rings. The molecule has 2 N–H and O–H groups in total. The van der Waals surface area contributed by atoms with Gasteiger partial charge in [0.25, 0.3) is 5.91 Å². The van der Waals surface area contributed by atoms with E-state index in [4.69, 9.17) is 4.74 Å². The number of aliphatic carboxylic acids is 1. The van der Waals surface area contributed by atoms with Crippen molar-refractivity contribution in [3.8, 4) is 0 Å². The number of aromatic nitrogens is 1. The molecule has 2 rings (SSSR count). The Hall–Kier alpha value is -2.67. The summed E-state index contributed by atoms with van der Waals surface area (Å²) in [6.07, 6.45) is 0.590. The fourth-order valence-electron chi connectivity index (χ4n) is 2.74. The number of rotatable bonds is 9. The van der Waals surface area contributed by atoms with E-state index in [2.05, 4.69) is 4.98 Å². The van der Waals surface area contributed by atoms with Crippen LogP contribution >= 0.6 is 0 Å². The van der Waals surface area contributed by atoms with Gasteiger partial charge in [0.15, 0.2) is 0 Å². The van der Waals surface area contributed by atoms with Crippen molar-refractivity contribution >= 4 is 22.8 Å². The number of benzene rings is 1. The van der Waals surface area contributed by atoms with E-state index in [9.17, 15) is 19.5 Å². The molecule has 140 valence electrons. The van der Waals surface area contributed by atoms with Crippen molar-refractivity contribution in [3.05, 3.63) is 46.2 Å². The number of carboxylic acids is 1. The lowest BCUT2D eigenvalue weighted by molar-refractivity contribution is -0.141. The molecule has 1 atom stereocenters. The van der Waals surface area contributed by atoms with E-state index < -0.39 is 11.9 Å². The number of nitrogens with one attached hydrogen (secondary N) is 1. The average molecular weight is 360 g/mol. The quantitative estimate of drug-likeness (QED) is 0.667. The second-order valence-corrected chi connectivity index (χ2v) is 6.13. The van der Waals surface area contributed by atoms with E-state index in [0.717, 1.165) is 0 Å². The number of nitrogens with zero attached hydrogens (tertiary/aromatic N) is 1. The smallest absolute Gasteiger partial charge is 0.308 e. The summed E-state index contributed by atoms with van der Waals surface area (Å²) < 4.78 is 5.30. The molecule has 1 unspecified atom stereocenters. The summed E-state index contributed by atoms with van der Waals surface area (Å²) in [6.45, 7) is 4.94. The lowest BCUT2D eigenvalue weighted by Crippen LogP contribution is -2.38. The maximum atomic E-state index is 13.1. The molecule has 0 saturated heterocycles. The molecule has 1 amide bonds. The Morgan fingerprint density at radius 1 is 1.31 bits per heavy atom. The second kappa shape index (κ2) is 9.15. The van der Waals surface area contributed by atoms with Gasteiger partial charge in [0, 0.05) is 43.3 Å². The number of H-pyrrole nitrogens is 1. The van der Waals surface area contributed by atoms with Gasteiger partial charge in [-0.2, -0.15) is 0 Å². The van der Waals surface area contributed by atoms with Crippen LogP contribution in [0, 0.1) is 5.92 Å². The van der Waals surface area contributed by atoms with Crippen LogP contribution in [0.25, 0.3) is 10.9 Å². The first-order chi connectivity index (χ1) is 12.4. The molecule has 0 bridgehead atoms. The standard InChI is InChI=1S/C19H24N2O5/c1-3-26-10-6-9-21(12-13(2)19(24)25)18(23)15-11-17(22)20-16-8-5-4-7-14(15)16/h4-5,7-8,11,13H,3,6,9-10,12H2,1-2H3,(H,20,22)(H,24,25). The molecular weight excluding hydrogens is 336 g/mol. The van der Waals surface area contributed by atoms with Gasteiger partial charge in [-0.1, -0.05) is 25.1 Å². The zero-order valence-electron chi connectivity index (χ0n) is 15.0. The van der Waals surface area contributed by atoms with E-state index in [1.807, 2.05) is 6.92 Å². The molecule has 0 aliphatic heterocycles. The number of hydrogen-bond acceptors (Lipinski definition) is 4. The number of ether oxygens (including phenoxy) is 1. The summed E-state index contributed by atoms with van der Waals surface area (Å²) in [6, 6.07) is 8.32. The van der Waals surface area contributed by atoms with Gasteiger partial charge >= 0.3 is 5.97 Å². The van der Waals surface area contributed by atoms with Gasteiger partial charge in [-0.15, -0.1) is 0 Å². The number of amides is 1. The zero-order valence-corrected chi connectivity index (χ0v) is 15.0. The van der Waals surface area contributed by atoms with Crippen LogP contribution in [-0.2, 0) is 9.53 Å². The average Bonchev–Trinajstić information content (AvgIpc) is 2.62. The summed E-state index contributed by atoms with van der Waals surface area (Å²) in [7, 11) is 0. The number of pyridine rings is 1. The van der Waals surface area contributed by atoms with Crippen molar-refractivity contribution in [2.45, 2.75) is 20.3 Å². The number of carboxylic acid groups (broad SMARTS) is 1. The van der Waals surface area contributed by atoms with Gasteiger partial charge < -0.3 is 19.7 Å². The minimum absolute atomic E-state index is 0.0709. The van der Waals surface area contributed by atoms with Gasteiger partial charge in [-0.05, 0) is 19.4 Å². The molecule has 1 heterocycles. The predicted octanol–water partition coefficient (Wildman–Crippen LogP) is 2.12. The molecule has 0 spiro atoms. The first kappa shape index (κ1) is 19.7. The van der Waals surface area contributed by atoms with Crippen molar-refractivity contribution in [1.29, 1.82) is 0 Å². The summed E-state index contributed by atoms with van der Waals surface area (Å²) in [5, 5.41) is 9.83. The first-order valence-corrected chi connectivity index (χ1v) is 8.66. The molecule has 1 aromatic heterocycles. The molecule has 0 saturated carbocycles. The van der Waals surface area contributed by atoms with E-state index >= 15 is 0 Å². The molecule has 26 heavy (non-hydrogen) atoms. The van der Waals surface area contributed by atoms with Crippen LogP contribution in [0.15, 0.2) is 35.1 Å². The Morgan fingerprint density at radius 2 is 2.04 bits per heavy atom. The molecule has 0 radical (unpaired) electrons. The van der Waals surface area contributed by atoms with Crippen LogP contribution in [0.5, 0.6) is 0 Å². The molecule has 0 aliphatic carbocycles. The van der Waals surface area contributed by atoms with Crippen molar-refractivity contribution in [3.63, 3.8) is 0 Å². The Bertz CT molecular complexity index is 830. The first-order valence-electron chi connectivity index (χ1n) is 8.66. The highest BCUT2D eigenvalue weighted by Gasteiger charge is 2.23. The fourth-order valence-corrected chi connectivity index (χ4v) is 2.74. The SMILES string of the molecule is CCOCCCN(CC(C)C(=O)O)C(=O)c1cc(=O)[nH]c2ccccc12. The number of fused-ring (bicyclic) bond motifs is 1. The van der Waals surface area contributed by atoms with Gasteiger partial charge in [0.1, 0.15) is 0 Å². The van der Waals surface area contributed by atoms with Crippen LogP contribution in [0.1, 0.15) is 30.6 Å². The van der Waals surface area contributed by atoms with Gasteiger partial charge in [0.2, 0.25) is 5.56 Å². The summed E-state index contributed by atoms with van der Waals surface area (Å²) in [5.41, 5.74) is 0.481. The normalized spacial score (nSPS) is 12.1. The highest BCUT2D eigenvalue weighted by molar-refractivity contribution is 6.06. The highest BCUT2D eigenvalue weighted by atomic mass is 16.5. The van der Waals surface area contributed by atoms with Crippen LogP contribution in [0.2, 0.25) is 0 Å². The Labute approximate surface area is 151 Å². The molecule has 2 aromatic rings. The summed E-state index contributed by atoms with van der Waals surface area (Å²) in [5.74, 6) is -2.03. The van der Waals surface area contributed by atoms with E-state index in [0.29, 0.717) is 37.1 Å². The van der Waals surface area contributed by atoms with Crippen LogP contribution < -0.4 is 5.56 Å². The highest BCUT2D eigenvalue weighted by Crippen LogP contribution is 2.17. The van der Waals surface area contributed by atoms with Crippen LogP contribution in [0.3, 0.4) is 0 Å². The molecule has 1 aromatic carbocycles. The Kier molecular flexibility index (Phi) is 6.91. The third kappa shape index (κ3) is 4.92. The second-order valence-electron chi connectivity index (χ2n) is 6.13. The Morgan fingerprint density at radius 3 is 2.73 bits per heavy atom. The van der Waals surface area contributed by atoms with Crippen molar-refractivity contribution in [2.75, 3.05) is 26.3 Å². The molecule has 0 aliphatic rings. The summed E-state index contributed by atoms with van der Waals surface area (Å²) >= 11 is 0. The number of aromatic amines is 1. The number of hydrogen-bond donors (Lipinski definition) is 2. The van der Waals surface area contributed by atoms with Gasteiger partial charge in [-0.25, -0.2) is 0 Å².